The minimum absolute atomic E-state index is 0.0216. The molecule has 5 heteroatoms. The number of sulfonamides is 1. The van der Waals surface area contributed by atoms with E-state index in [0.29, 0.717) is 6.54 Å². The smallest absolute Gasteiger partial charge is 0.212 e. The molecule has 0 aromatic heterocycles. The van der Waals surface area contributed by atoms with Gasteiger partial charge in [-0.25, -0.2) is 13.1 Å². The van der Waals surface area contributed by atoms with Gasteiger partial charge >= 0.3 is 0 Å². The van der Waals surface area contributed by atoms with E-state index in [4.69, 9.17) is 0 Å². The van der Waals surface area contributed by atoms with Crippen LogP contribution in [0.5, 0.6) is 0 Å². The monoisotopic (exact) mass is 381 g/mol. The Hall–Kier alpha value is -0.140. The Labute approximate surface area is 124 Å². The molecule has 0 radical (unpaired) electrons. The molecule has 0 aliphatic rings. The normalized spacial score (nSPS) is 13.4. The van der Waals surface area contributed by atoms with Gasteiger partial charge in [0.05, 0.1) is 5.75 Å². The van der Waals surface area contributed by atoms with Crippen molar-refractivity contribution >= 4 is 32.6 Å². The van der Waals surface area contributed by atoms with Gasteiger partial charge in [0.1, 0.15) is 0 Å². The summed E-state index contributed by atoms with van der Waals surface area (Å²) in [6, 6.07) is 9.75. The molecule has 0 bridgehead atoms. The Kier molecular flexibility index (Phi) is 7.18. The fraction of sp³-hybridized carbons (Fsp3) is 0.538. The summed E-state index contributed by atoms with van der Waals surface area (Å²) < 4.78 is 27.5. The van der Waals surface area contributed by atoms with Gasteiger partial charge in [0.25, 0.3) is 0 Å². The van der Waals surface area contributed by atoms with Crippen LogP contribution in [0.4, 0.5) is 0 Å². The van der Waals surface area contributed by atoms with Gasteiger partial charge in [0, 0.05) is 6.54 Å². The molecule has 1 rings (SSSR count). The van der Waals surface area contributed by atoms with E-state index in [1.807, 2.05) is 37.3 Å². The molecule has 0 aliphatic heterocycles. The second-order valence-electron chi connectivity index (χ2n) is 4.38. The molecular formula is C13H20INO2S. The van der Waals surface area contributed by atoms with Crippen molar-refractivity contribution in [3.63, 3.8) is 0 Å². The fourth-order valence-electron chi connectivity index (χ4n) is 1.71. The third kappa shape index (κ3) is 6.15. The first-order valence-electron chi connectivity index (χ1n) is 6.13. The Morgan fingerprint density at radius 3 is 2.50 bits per heavy atom. The van der Waals surface area contributed by atoms with E-state index in [9.17, 15) is 8.42 Å². The van der Waals surface area contributed by atoms with Crippen LogP contribution in [0.2, 0.25) is 0 Å². The van der Waals surface area contributed by atoms with Gasteiger partial charge < -0.3 is 0 Å². The van der Waals surface area contributed by atoms with Gasteiger partial charge in [-0.2, -0.15) is 0 Å². The van der Waals surface area contributed by atoms with Crippen LogP contribution in [-0.4, -0.2) is 25.1 Å². The zero-order chi connectivity index (χ0) is 13.4. The van der Waals surface area contributed by atoms with E-state index in [-0.39, 0.29) is 11.7 Å². The Morgan fingerprint density at radius 1 is 1.22 bits per heavy atom. The zero-order valence-electron chi connectivity index (χ0n) is 10.6. The van der Waals surface area contributed by atoms with Crippen molar-refractivity contribution < 1.29 is 8.42 Å². The van der Waals surface area contributed by atoms with Gasteiger partial charge in [0.15, 0.2) is 0 Å². The predicted molar refractivity (Wildman–Crippen MR) is 84.8 cm³/mol. The lowest BCUT2D eigenvalue weighted by Gasteiger charge is -2.13. The third-order valence-corrected chi connectivity index (χ3v) is 5.07. The average molecular weight is 381 g/mol. The molecule has 0 saturated carbocycles. The summed E-state index contributed by atoms with van der Waals surface area (Å²) in [7, 11) is -3.16. The standard InChI is InChI=1S/C13H20INO2S/c1-12(13-7-3-2-4-8-13)11-18(16,17)15-10-6-5-9-14/h2-4,7-8,12,15H,5-6,9-11H2,1H3. The molecule has 1 unspecified atom stereocenters. The molecule has 0 heterocycles. The van der Waals surface area contributed by atoms with Gasteiger partial charge in [-0.3, -0.25) is 0 Å². The SMILES string of the molecule is CC(CS(=O)(=O)NCCCCI)c1ccccc1. The van der Waals surface area contributed by atoms with Crippen LogP contribution >= 0.6 is 22.6 Å². The molecule has 1 N–H and O–H groups in total. The van der Waals surface area contributed by atoms with Gasteiger partial charge in [-0.15, -0.1) is 0 Å². The van der Waals surface area contributed by atoms with E-state index < -0.39 is 10.0 Å². The summed E-state index contributed by atoms with van der Waals surface area (Å²) in [5.74, 6) is 0.176. The van der Waals surface area contributed by atoms with Crippen LogP contribution in [0.15, 0.2) is 30.3 Å². The minimum Gasteiger partial charge on any atom is -0.215 e. The second kappa shape index (κ2) is 8.12. The number of benzene rings is 1. The number of halogens is 1. The fourth-order valence-corrected chi connectivity index (χ4v) is 3.68. The van der Waals surface area contributed by atoms with E-state index in [2.05, 4.69) is 27.3 Å². The number of hydrogen-bond donors (Lipinski definition) is 1. The van der Waals surface area contributed by atoms with Crippen molar-refractivity contribution in [2.45, 2.75) is 25.7 Å². The first kappa shape index (κ1) is 15.9. The Balaban J connectivity index is 2.45. The number of alkyl halides is 1. The summed E-state index contributed by atoms with van der Waals surface area (Å²) in [6.45, 7) is 2.49. The molecule has 0 amide bonds. The first-order valence-corrected chi connectivity index (χ1v) is 9.31. The number of hydrogen-bond acceptors (Lipinski definition) is 2. The summed E-state index contributed by atoms with van der Waals surface area (Å²) in [5, 5.41) is 0. The van der Waals surface area contributed by atoms with Crippen LogP contribution in [0.25, 0.3) is 0 Å². The maximum absolute atomic E-state index is 11.9. The molecule has 18 heavy (non-hydrogen) atoms. The second-order valence-corrected chi connectivity index (χ2v) is 7.31. The molecule has 102 valence electrons. The highest BCUT2D eigenvalue weighted by atomic mass is 127. The van der Waals surface area contributed by atoms with Crippen molar-refractivity contribution in [1.82, 2.24) is 4.72 Å². The summed E-state index contributed by atoms with van der Waals surface area (Å²) in [6.07, 6.45) is 1.96. The highest BCUT2D eigenvalue weighted by molar-refractivity contribution is 14.1. The topological polar surface area (TPSA) is 46.2 Å². The lowest BCUT2D eigenvalue weighted by Crippen LogP contribution is -2.29. The molecule has 1 aromatic rings. The largest absolute Gasteiger partial charge is 0.215 e. The molecule has 0 fully saturated rings. The molecular weight excluding hydrogens is 361 g/mol. The highest BCUT2D eigenvalue weighted by Crippen LogP contribution is 2.16. The van der Waals surface area contributed by atoms with Gasteiger partial charge in [-0.1, -0.05) is 59.8 Å². The van der Waals surface area contributed by atoms with E-state index in [1.54, 1.807) is 0 Å². The third-order valence-electron chi connectivity index (χ3n) is 2.72. The van der Waals surface area contributed by atoms with Crippen molar-refractivity contribution in [1.29, 1.82) is 0 Å². The van der Waals surface area contributed by atoms with E-state index in [1.165, 1.54) is 0 Å². The van der Waals surface area contributed by atoms with Crippen LogP contribution in [0.1, 0.15) is 31.2 Å². The lowest BCUT2D eigenvalue weighted by atomic mass is 10.0. The van der Waals surface area contributed by atoms with Crippen molar-refractivity contribution in [2.24, 2.45) is 0 Å². The predicted octanol–water partition coefficient (Wildman–Crippen LogP) is 2.92. The van der Waals surface area contributed by atoms with Crippen molar-refractivity contribution in [3.05, 3.63) is 35.9 Å². The summed E-state index contributed by atoms with van der Waals surface area (Å²) in [5.41, 5.74) is 1.06. The maximum Gasteiger partial charge on any atom is 0.212 e. The summed E-state index contributed by atoms with van der Waals surface area (Å²) >= 11 is 2.30. The van der Waals surface area contributed by atoms with Gasteiger partial charge in [0.2, 0.25) is 10.0 Å². The minimum atomic E-state index is -3.16. The highest BCUT2D eigenvalue weighted by Gasteiger charge is 2.16. The average Bonchev–Trinajstić information content (AvgIpc) is 2.35. The lowest BCUT2D eigenvalue weighted by molar-refractivity contribution is 0.573. The van der Waals surface area contributed by atoms with Crippen LogP contribution < -0.4 is 4.72 Å². The van der Waals surface area contributed by atoms with E-state index >= 15 is 0 Å². The molecule has 0 spiro atoms. The van der Waals surface area contributed by atoms with Gasteiger partial charge in [-0.05, 0) is 28.8 Å². The zero-order valence-corrected chi connectivity index (χ0v) is 13.6. The number of nitrogens with one attached hydrogen (secondary N) is 1. The molecule has 0 aliphatic carbocycles. The molecule has 3 nitrogen and oxygen atoms in total. The Morgan fingerprint density at radius 2 is 1.89 bits per heavy atom. The summed E-state index contributed by atoms with van der Waals surface area (Å²) in [4.78, 5) is 0. The molecule has 1 atom stereocenters. The quantitative estimate of drug-likeness (QED) is 0.428. The Bertz CT molecular complexity index is 434. The number of rotatable bonds is 8. The maximum atomic E-state index is 11.9. The number of unbranched alkanes of at least 4 members (excludes halogenated alkanes) is 1. The van der Waals surface area contributed by atoms with Crippen molar-refractivity contribution in [3.8, 4) is 0 Å². The van der Waals surface area contributed by atoms with Crippen LogP contribution in [0, 0.1) is 0 Å². The molecule has 1 aromatic carbocycles. The van der Waals surface area contributed by atoms with Crippen LogP contribution in [-0.2, 0) is 10.0 Å². The van der Waals surface area contributed by atoms with Crippen LogP contribution in [0.3, 0.4) is 0 Å². The van der Waals surface area contributed by atoms with E-state index in [0.717, 1.165) is 22.8 Å². The first-order chi connectivity index (χ1) is 8.55. The van der Waals surface area contributed by atoms with Crippen molar-refractivity contribution in [2.75, 3.05) is 16.7 Å². The molecule has 0 saturated heterocycles.